The fourth-order valence-corrected chi connectivity index (χ4v) is 10.1. The summed E-state index contributed by atoms with van der Waals surface area (Å²) in [5.41, 5.74) is 5.75. The van der Waals surface area contributed by atoms with Crippen molar-refractivity contribution in [1.82, 2.24) is 15.1 Å². The number of piperazine rings is 1. The molecule has 1 atom stereocenters. The maximum atomic E-state index is 14.2. The number of nitrogens with zero attached hydrogens (tertiary/aromatic N) is 2. The van der Waals surface area contributed by atoms with Crippen LogP contribution in [0.15, 0.2) is 42.5 Å². The summed E-state index contributed by atoms with van der Waals surface area (Å²) in [5.74, 6) is 0.263. The monoisotopic (exact) mass is 927 g/mol. The molecule has 3 aliphatic rings. The molecule has 0 saturated carbocycles. The Morgan fingerprint density at radius 3 is 2.03 bits per heavy atom. The first kappa shape index (κ1) is 48.1. The summed E-state index contributed by atoms with van der Waals surface area (Å²) >= 11 is 14.3. The molecular formula is C51H59Cl2N3O9. The number of halogens is 2. The van der Waals surface area contributed by atoms with Crippen molar-refractivity contribution in [2.75, 3.05) is 46.3 Å². The number of carbonyl (C=O) groups is 4. The molecule has 0 radical (unpaired) electrons. The number of hydrogen-bond acceptors (Lipinski definition) is 11. The van der Waals surface area contributed by atoms with E-state index in [1.165, 1.54) is 6.07 Å². The molecular weight excluding hydrogens is 869 g/mol. The smallest absolute Gasteiger partial charge is 0.341 e. The topological polar surface area (TPSA) is 155 Å². The van der Waals surface area contributed by atoms with Crippen molar-refractivity contribution in [3.63, 3.8) is 0 Å². The van der Waals surface area contributed by atoms with E-state index in [2.05, 4.69) is 36.0 Å². The lowest BCUT2D eigenvalue weighted by Crippen LogP contribution is -2.46. The molecule has 346 valence electrons. The van der Waals surface area contributed by atoms with Gasteiger partial charge in [0.2, 0.25) is 5.91 Å². The molecule has 7 rings (SSSR count). The number of fused-ring (bicyclic) bond motifs is 6. The van der Waals surface area contributed by atoms with Crippen molar-refractivity contribution >= 4 is 46.6 Å². The zero-order valence-electron chi connectivity index (χ0n) is 38.1. The second-order valence-electron chi connectivity index (χ2n) is 17.6. The van der Waals surface area contributed by atoms with Crippen molar-refractivity contribution < 1.29 is 43.6 Å². The molecule has 1 fully saturated rings. The van der Waals surface area contributed by atoms with Crippen LogP contribution in [-0.2, 0) is 52.4 Å². The van der Waals surface area contributed by atoms with Crippen molar-refractivity contribution in [3.05, 3.63) is 119 Å². The Morgan fingerprint density at radius 1 is 0.862 bits per heavy atom. The Balaban J connectivity index is 1.05. The third kappa shape index (κ3) is 9.85. The van der Waals surface area contributed by atoms with Crippen LogP contribution >= 0.6 is 23.2 Å². The number of benzene rings is 4. The van der Waals surface area contributed by atoms with Gasteiger partial charge in [0.25, 0.3) is 0 Å². The minimum atomic E-state index is -1.49. The zero-order valence-corrected chi connectivity index (χ0v) is 39.6. The van der Waals surface area contributed by atoms with Gasteiger partial charge >= 0.3 is 5.97 Å². The van der Waals surface area contributed by atoms with E-state index in [4.69, 9.17) is 37.4 Å². The first-order valence-electron chi connectivity index (χ1n) is 22.6. The molecule has 0 aromatic heterocycles. The number of carbonyl (C=O) groups excluding carboxylic acids is 4. The highest BCUT2D eigenvalue weighted by molar-refractivity contribution is 6.40. The average Bonchev–Trinajstić information content (AvgIpc) is 3.60. The molecule has 65 heavy (non-hydrogen) atoms. The number of ketones is 2. The Labute approximate surface area is 391 Å². The van der Waals surface area contributed by atoms with Gasteiger partial charge in [0.15, 0.2) is 11.4 Å². The number of hydrogen-bond donors (Lipinski definition) is 3. The summed E-state index contributed by atoms with van der Waals surface area (Å²) in [7, 11) is 2.08. The number of ether oxygens (including phenoxy) is 3. The van der Waals surface area contributed by atoms with E-state index in [0.717, 1.165) is 61.3 Å². The maximum Gasteiger partial charge on any atom is 0.341 e. The summed E-state index contributed by atoms with van der Waals surface area (Å²) in [6.07, 6.45) is 2.03. The van der Waals surface area contributed by atoms with E-state index in [9.17, 15) is 29.4 Å². The van der Waals surface area contributed by atoms with Gasteiger partial charge in [0.1, 0.15) is 29.1 Å². The predicted octanol–water partition coefficient (Wildman–Crippen LogP) is 7.97. The summed E-state index contributed by atoms with van der Waals surface area (Å²) < 4.78 is 19.1. The SMILES string of the molecule is CCc1cc2c(cc1C)C1(OC(=O)c3c(Cl)c(C(=O)CCc4c(CO)cc(OC(C)CC(=O)NCCCC(=O)CN5CCN(C)CC5)cc4CO)cc(Cl)c31)c1cc(C)c(CC)cc1O2. The summed E-state index contributed by atoms with van der Waals surface area (Å²) in [6.45, 7) is 13.5. The highest BCUT2D eigenvalue weighted by atomic mass is 35.5. The van der Waals surface area contributed by atoms with Gasteiger partial charge in [-0.2, -0.15) is 0 Å². The number of nitrogens with one attached hydrogen (secondary N) is 1. The number of Topliss-reactive ketones (excluding diaryl/α,β-unsaturated/α-hetero) is 2. The summed E-state index contributed by atoms with van der Waals surface area (Å²) in [4.78, 5) is 57.8. The number of aryl methyl sites for hydroxylation is 4. The van der Waals surface area contributed by atoms with Crippen LogP contribution in [-0.4, -0.2) is 95.9 Å². The molecule has 3 aliphatic heterocycles. The molecule has 14 heteroatoms. The average molecular weight is 929 g/mol. The summed E-state index contributed by atoms with van der Waals surface area (Å²) in [6, 6.07) is 12.7. The molecule has 4 aromatic rings. The van der Waals surface area contributed by atoms with Crippen LogP contribution in [0, 0.1) is 13.8 Å². The van der Waals surface area contributed by atoms with Crippen LogP contribution in [0.3, 0.4) is 0 Å². The van der Waals surface area contributed by atoms with Crippen molar-refractivity contribution in [3.8, 4) is 17.2 Å². The normalized spacial score (nSPS) is 15.8. The first-order chi connectivity index (χ1) is 31.1. The van der Waals surface area contributed by atoms with E-state index >= 15 is 0 Å². The van der Waals surface area contributed by atoms with E-state index < -0.39 is 36.7 Å². The van der Waals surface area contributed by atoms with E-state index in [1.807, 2.05) is 38.1 Å². The summed E-state index contributed by atoms with van der Waals surface area (Å²) in [5, 5.41) is 23.8. The van der Waals surface area contributed by atoms with Crippen LogP contribution in [0.25, 0.3) is 0 Å². The lowest BCUT2D eigenvalue weighted by Gasteiger charge is -2.38. The molecule has 3 heterocycles. The van der Waals surface area contributed by atoms with E-state index in [1.54, 1.807) is 19.1 Å². The van der Waals surface area contributed by atoms with Crippen LogP contribution in [0.1, 0.15) is 123 Å². The van der Waals surface area contributed by atoms with Gasteiger partial charge in [-0.05, 0) is 135 Å². The third-order valence-corrected chi connectivity index (χ3v) is 13.7. The van der Waals surface area contributed by atoms with Gasteiger partial charge < -0.3 is 34.6 Å². The lowest BCUT2D eigenvalue weighted by atomic mass is 9.75. The van der Waals surface area contributed by atoms with Crippen molar-refractivity contribution in [2.45, 2.75) is 104 Å². The number of esters is 1. The van der Waals surface area contributed by atoms with E-state index in [-0.39, 0.29) is 52.1 Å². The first-order valence-corrected chi connectivity index (χ1v) is 23.3. The van der Waals surface area contributed by atoms with Gasteiger partial charge in [0, 0.05) is 67.8 Å². The maximum absolute atomic E-state index is 14.2. The van der Waals surface area contributed by atoms with Crippen molar-refractivity contribution in [1.29, 1.82) is 0 Å². The Bertz CT molecular complexity index is 2430. The molecule has 12 nitrogen and oxygen atoms in total. The largest absolute Gasteiger partial charge is 0.490 e. The van der Waals surface area contributed by atoms with Crippen LogP contribution in [0.2, 0.25) is 10.0 Å². The Kier molecular flexibility index (Phi) is 15.1. The van der Waals surface area contributed by atoms with Crippen LogP contribution in [0.4, 0.5) is 0 Å². The van der Waals surface area contributed by atoms with E-state index in [0.29, 0.717) is 76.6 Å². The molecule has 1 saturated heterocycles. The number of aliphatic hydroxyl groups excluding tert-OH is 2. The number of amides is 1. The lowest BCUT2D eigenvalue weighted by molar-refractivity contribution is -0.123. The standard InChI is InChI=1S/C51H59Cl2N3O9/c1-7-32-23-44-40(18-29(32)3)51(41-19-30(4)33(8-2)24-45(41)64-44)48-42(52)25-39(49(53)47(48)50(62)65-51)43(60)12-11-38-34(27-57)21-37(22-35(38)28-58)63-31(5)20-46(61)54-13-9-10-36(59)26-56-16-14-55(6)15-17-56/h18-19,21-25,31,57-58H,7-17,20,26-28H2,1-6H3,(H,54,61). The van der Waals surface area contributed by atoms with Crippen molar-refractivity contribution in [2.24, 2.45) is 0 Å². The quantitative estimate of drug-likeness (QED) is 0.0506. The molecule has 1 unspecified atom stereocenters. The van der Waals surface area contributed by atoms with Crippen LogP contribution < -0.4 is 14.8 Å². The van der Waals surface area contributed by atoms with Gasteiger partial charge in [-0.15, -0.1) is 0 Å². The Morgan fingerprint density at radius 2 is 1.46 bits per heavy atom. The molecule has 0 bridgehead atoms. The van der Waals surface area contributed by atoms with Gasteiger partial charge in [-0.25, -0.2) is 4.79 Å². The van der Waals surface area contributed by atoms with Crippen LogP contribution in [0.5, 0.6) is 17.2 Å². The highest BCUT2D eigenvalue weighted by Gasteiger charge is 2.56. The molecule has 1 spiro atoms. The fourth-order valence-electron chi connectivity index (χ4n) is 9.46. The number of aliphatic hydroxyl groups is 2. The Hall–Kier alpha value is -4.82. The molecule has 4 aromatic carbocycles. The minimum absolute atomic E-state index is 0.0129. The fraction of sp³-hybridized carbons (Fsp3) is 0.451. The number of rotatable bonds is 18. The zero-order chi connectivity index (χ0) is 46.7. The van der Waals surface area contributed by atoms with Gasteiger partial charge in [0.05, 0.1) is 41.8 Å². The number of likely N-dealkylation sites (N-methyl/N-ethyl adjacent to an activating group) is 1. The van der Waals surface area contributed by atoms with Gasteiger partial charge in [-0.3, -0.25) is 19.3 Å². The predicted molar refractivity (Wildman–Crippen MR) is 250 cm³/mol. The molecule has 1 amide bonds. The second kappa shape index (κ2) is 20.4. The molecule has 3 N–H and O–H groups in total. The third-order valence-electron chi connectivity index (χ3n) is 13.0. The second-order valence-corrected chi connectivity index (χ2v) is 18.3. The minimum Gasteiger partial charge on any atom is -0.490 e. The highest BCUT2D eigenvalue weighted by Crippen LogP contribution is 2.59. The molecule has 0 aliphatic carbocycles. The van der Waals surface area contributed by atoms with Gasteiger partial charge in [-0.1, -0.05) is 37.0 Å².